The maximum absolute atomic E-state index is 4.49. The van der Waals surface area contributed by atoms with E-state index in [1.54, 1.807) is 17.1 Å². The average molecular weight is 304 g/mol. The van der Waals surface area contributed by atoms with E-state index < -0.39 is 0 Å². The second-order valence-electron chi connectivity index (χ2n) is 5.31. The smallest absolute Gasteiger partial charge is 0.176 e. The quantitative estimate of drug-likeness (QED) is 0.630. The summed E-state index contributed by atoms with van der Waals surface area (Å²) in [7, 11) is 0. The molecule has 4 aromatic heterocycles. The van der Waals surface area contributed by atoms with Gasteiger partial charge in [0.15, 0.2) is 5.82 Å². The van der Waals surface area contributed by atoms with Crippen LogP contribution in [-0.2, 0) is 6.54 Å². The molecule has 6 heteroatoms. The van der Waals surface area contributed by atoms with Crippen LogP contribution in [0, 0.1) is 6.92 Å². The molecule has 0 radical (unpaired) electrons. The van der Waals surface area contributed by atoms with Crippen LogP contribution in [0.3, 0.4) is 0 Å². The van der Waals surface area contributed by atoms with Gasteiger partial charge < -0.3 is 9.72 Å². The van der Waals surface area contributed by atoms with Crippen LogP contribution in [0.15, 0.2) is 61.3 Å². The molecule has 0 aromatic carbocycles. The minimum absolute atomic E-state index is 0.657. The molecule has 0 saturated carbocycles. The lowest BCUT2D eigenvalue weighted by Gasteiger charge is -2.11. The van der Waals surface area contributed by atoms with Crippen LogP contribution in [0.5, 0.6) is 0 Å². The molecule has 4 rings (SSSR count). The van der Waals surface area contributed by atoms with Crippen molar-refractivity contribution in [3.63, 3.8) is 0 Å². The Morgan fingerprint density at radius 2 is 2.00 bits per heavy atom. The predicted octanol–water partition coefficient (Wildman–Crippen LogP) is 2.84. The van der Waals surface area contributed by atoms with Crippen molar-refractivity contribution in [1.82, 2.24) is 24.1 Å². The number of nitrogens with one attached hydrogen (secondary N) is 1. The maximum atomic E-state index is 4.49. The third kappa shape index (κ3) is 2.44. The number of hydrogen-bond donors (Lipinski definition) is 1. The van der Waals surface area contributed by atoms with E-state index in [0.29, 0.717) is 6.54 Å². The normalized spacial score (nSPS) is 11.0. The number of rotatable bonds is 4. The SMILES string of the molecule is Cc1cccn2c(CNc3cccnc3-n3cccn3)cnc12. The second kappa shape index (κ2) is 5.57. The number of fused-ring (bicyclic) bond motifs is 1. The second-order valence-corrected chi connectivity index (χ2v) is 5.31. The van der Waals surface area contributed by atoms with Crippen molar-refractivity contribution in [1.29, 1.82) is 0 Å². The van der Waals surface area contributed by atoms with Crippen molar-refractivity contribution < 1.29 is 0 Å². The molecule has 0 amide bonds. The van der Waals surface area contributed by atoms with Gasteiger partial charge in [-0.3, -0.25) is 0 Å². The molecule has 0 spiro atoms. The summed E-state index contributed by atoms with van der Waals surface area (Å²) in [5.74, 6) is 0.780. The highest BCUT2D eigenvalue weighted by Crippen LogP contribution is 2.18. The largest absolute Gasteiger partial charge is 0.376 e. The summed E-state index contributed by atoms with van der Waals surface area (Å²) >= 11 is 0. The highest BCUT2D eigenvalue weighted by molar-refractivity contribution is 5.56. The molecule has 0 aliphatic carbocycles. The topological polar surface area (TPSA) is 60.0 Å². The predicted molar refractivity (Wildman–Crippen MR) is 88.6 cm³/mol. The number of pyridine rings is 2. The van der Waals surface area contributed by atoms with E-state index in [-0.39, 0.29) is 0 Å². The number of aryl methyl sites for hydroxylation is 1. The molecular weight excluding hydrogens is 288 g/mol. The summed E-state index contributed by atoms with van der Waals surface area (Å²) in [4.78, 5) is 8.91. The average Bonchev–Trinajstić information content (AvgIpc) is 3.24. The molecule has 0 aliphatic rings. The fourth-order valence-electron chi connectivity index (χ4n) is 2.63. The van der Waals surface area contributed by atoms with E-state index in [9.17, 15) is 0 Å². The van der Waals surface area contributed by atoms with E-state index in [1.807, 2.05) is 42.9 Å². The Labute approximate surface area is 133 Å². The zero-order valence-corrected chi connectivity index (χ0v) is 12.7. The van der Waals surface area contributed by atoms with Crippen LogP contribution in [-0.4, -0.2) is 24.1 Å². The van der Waals surface area contributed by atoms with Gasteiger partial charge in [-0.15, -0.1) is 0 Å². The molecule has 0 bridgehead atoms. The molecule has 0 unspecified atom stereocenters. The number of aromatic nitrogens is 5. The molecule has 0 aliphatic heterocycles. The number of imidazole rings is 1. The van der Waals surface area contributed by atoms with Gasteiger partial charge in [0.25, 0.3) is 0 Å². The number of nitrogens with zero attached hydrogens (tertiary/aromatic N) is 5. The zero-order valence-electron chi connectivity index (χ0n) is 12.7. The van der Waals surface area contributed by atoms with Gasteiger partial charge in [-0.05, 0) is 36.8 Å². The number of anilines is 1. The summed E-state index contributed by atoms with van der Waals surface area (Å²) in [5, 5.41) is 7.68. The molecule has 1 N–H and O–H groups in total. The minimum Gasteiger partial charge on any atom is -0.376 e. The Kier molecular flexibility index (Phi) is 3.27. The fraction of sp³-hybridized carbons (Fsp3) is 0.118. The van der Waals surface area contributed by atoms with Gasteiger partial charge in [-0.1, -0.05) is 6.07 Å². The van der Waals surface area contributed by atoms with Gasteiger partial charge in [0.2, 0.25) is 0 Å². The summed E-state index contributed by atoms with van der Waals surface area (Å²) < 4.78 is 3.85. The lowest BCUT2D eigenvalue weighted by Crippen LogP contribution is -2.08. The molecule has 114 valence electrons. The Morgan fingerprint density at radius 3 is 2.87 bits per heavy atom. The van der Waals surface area contributed by atoms with Gasteiger partial charge in [0.05, 0.1) is 24.1 Å². The van der Waals surface area contributed by atoms with E-state index in [1.165, 1.54) is 0 Å². The van der Waals surface area contributed by atoms with Gasteiger partial charge in [-0.2, -0.15) is 5.10 Å². The molecular formula is C17H16N6. The fourth-order valence-corrected chi connectivity index (χ4v) is 2.63. The first kappa shape index (κ1) is 13.5. The molecule has 0 atom stereocenters. The molecule has 0 fully saturated rings. The van der Waals surface area contributed by atoms with Crippen LogP contribution in [0.2, 0.25) is 0 Å². The summed E-state index contributed by atoms with van der Waals surface area (Å²) in [6.07, 6.45) is 9.32. The van der Waals surface area contributed by atoms with Crippen LogP contribution >= 0.6 is 0 Å². The van der Waals surface area contributed by atoms with Crippen molar-refractivity contribution >= 4 is 11.3 Å². The monoisotopic (exact) mass is 304 g/mol. The number of hydrogen-bond acceptors (Lipinski definition) is 4. The maximum Gasteiger partial charge on any atom is 0.176 e. The van der Waals surface area contributed by atoms with Gasteiger partial charge in [0, 0.05) is 24.8 Å². The molecule has 23 heavy (non-hydrogen) atoms. The van der Waals surface area contributed by atoms with Crippen molar-refractivity contribution in [3.8, 4) is 5.82 Å². The van der Waals surface area contributed by atoms with Gasteiger partial charge in [0.1, 0.15) is 5.65 Å². The first-order valence-electron chi connectivity index (χ1n) is 7.43. The zero-order chi connectivity index (χ0) is 15.6. The standard InChI is InChI=1S/C17H16N6/c1-13-5-3-9-22-14(12-20-16(13)22)11-19-15-6-2-7-18-17(15)23-10-4-8-21-23/h2-10,12,19H,11H2,1H3. The molecule has 4 heterocycles. The van der Waals surface area contributed by atoms with Gasteiger partial charge >= 0.3 is 0 Å². The van der Waals surface area contributed by atoms with E-state index in [2.05, 4.69) is 37.8 Å². The highest BCUT2D eigenvalue weighted by Gasteiger charge is 2.08. The summed E-state index contributed by atoms with van der Waals surface area (Å²) in [6.45, 7) is 2.72. The molecule has 6 nitrogen and oxygen atoms in total. The van der Waals surface area contributed by atoms with Crippen molar-refractivity contribution in [3.05, 3.63) is 72.6 Å². The lowest BCUT2D eigenvalue weighted by atomic mass is 10.3. The minimum atomic E-state index is 0.657. The molecule has 0 saturated heterocycles. The van der Waals surface area contributed by atoms with Gasteiger partial charge in [-0.25, -0.2) is 14.6 Å². The summed E-state index contributed by atoms with van der Waals surface area (Å²) in [5.41, 5.74) is 4.18. The van der Waals surface area contributed by atoms with E-state index >= 15 is 0 Å². The Hall–Kier alpha value is -3.15. The van der Waals surface area contributed by atoms with Crippen LogP contribution in [0.25, 0.3) is 11.5 Å². The van der Waals surface area contributed by atoms with Crippen LogP contribution in [0.4, 0.5) is 5.69 Å². The molecule has 4 aromatic rings. The highest BCUT2D eigenvalue weighted by atomic mass is 15.3. The van der Waals surface area contributed by atoms with Crippen LogP contribution in [0.1, 0.15) is 11.3 Å². The first-order chi connectivity index (χ1) is 11.3. The van der Waals surface area contributed by atoms with Crippen molar-refractivity contribution in [2.24, 2.45) is 0 Å². The van der Waals surface area contributed by atoms with Crippen molar-refractivity contribution in [2.75, 3.05) is 5.32 Å². The van der Waals surface area contributed by atoms with Crippen molar-refractivity contribution in [2.45, 2.75) is 13.5 Å². The first-order valence-corrected chi connectivity index (χ1v) is 7.43. The third-order valence-electron chi connectivity index (χ3n) is 3.78. The Balaban J connectivity index is 1.63. The van der Waals surface area contributed by atoms with Crippen LogP contribution < -0.4 is 5.32 Å². The third-order valence-corrected chi connectivity index (χ3v) is 3.78. The van der Waals surface area contributed by atoms with E-state index in [4.69, 9.17) is 0 Å². The Bertz CT molecular complexity index is 939. The Morgan fingerprint density at radius 1 is 1.04 bits per heavy atom. The van der Waals surface area contributed by atoms with E-state index in [0.717, 1.165) is 28.4 Å². The lowest BCUT2D eigenvalue weighted by molar-refractivity contribution is 0.845. The summed E-state index contributed by atoms with van der Waals surface area (Å²) in [6, 6.07) is 9.89.